The lowest BCUT2D eigenvalue weighted by atomic mass is 9.96. The topological polar surface area (TPSA) is 85.2 Å². The van der Waals surface area contributed by atoms with Crippen LogP contribution in [0.4, 0.5) is 8.78 Å². The Morgan fingerprint density at radius 3 is 2.77 bits per heavy atom. The predicted molar refractivity (Wildman–Crippen MR) is 157 cm³/mol. The van der Waals surface area contributed by atoms with Crippen LogP contribution >= 0.6 is 0 Å². The molecule has 0 amide bonds. The molecule has 214 valence electrons. The Kier molecular flexibility index (Phi) is 9.37. The largest absolute Gasteiger partial charge is 0.458 e. The average molecular weight is 552 g/mol. The van der Waals surface area contributed by atoms with Crippen LogP contribution in [-0.2, 0) is 0 Å². The van der Waals surface area contributed by atoms with E-state index in [1.807, 2.05) is 39.0 Å². The summed E-state index contributed by atoms with van der Waals surface area (Å²) in [5, 5.41) is 15.0. The highest BCUT2D eigenvalue weighted by Gasteiger charge is 2.31. The smallest absolute Gasteiger partial charge is 0.175 e. The van der Waals surface area contributed by atoms with E-state index in [0.29, 0.717) is 54.1 Å². The molecule has 0 saturated heterocycles. The van der Waals surface area contributed by atoms with Gasteiger partial charge in [-0.05, 0) is 63.9 Å². The number of ether oxygens (including phenoxy) is 1. The fourth-order valence-electron chi connectivity index (χ4n) is 4.87. The zero-order valence-corrected chi connectivity index (χ0v) is 24.1. The third-order valence-electron chi connectivity index (χ3n) is 7.39. The summed E-state index contributed by atoms with van der Waals surface area (Å²) in [4.78, 5) is 13.9. The number of amidine groups is 2. The summed E-state index contributed by atoms with van der Waals surface area (Å²) in [6.45, 7) is 10.9. The number of benzene rings is 1. The molecule has 3 heterocycles. The number of nitrogens with one attached hydrogen (secondary N) is 2. The van der Waals surface area contributed by atoms with Crippen molar-refractivity contribution in [3.8, 4) is 5.75 Å². The first-order chi connectivity index (χ1) is 19.1. The number of likely N-dealkylation sites (N-methyl/N-ethyl adjacent to an activating group) is 1. The molecule has 2 aliphatic heterocycles. The molecule has 7 nitrogen and oxygen atoms in total. The minimum atomic E-state index is -1.14. The van der Waals surface area contributed by atoms with Crippen molar-refractivity contribution in [3.05, 3.63) is 76.9 Å². The molecule has 1 aromatic carbocycles. The van der Waals surface area contributed by atoms with Crippen molar-refractivity contribution in [1.29, 1.82) is 0 Å². The number of allylic oxidation sites excluding steroid dienone is 5. The molecule has 4 rings (SSSR count). The van der Waals surface area contributed by atoms with Crippen LogP contribution in [0, 0.1) is 30.4 Å². The normalized spacial score (nSPS) is 21.2. The van der Waals surface area contributed by atoms with Crippen molar-refractivity contribution in [3.63, 3.8) is 0 Å². The van der Waals surface area contributed by atoms with E-state index in [9.17, 15) is 5.11 Å². The van der Waals surface area contributed by atoms with Gasteiger partial charge in [-0.1, -0.05) is 39.0 Å². The minimum Gasteiger partial charge on any atom is -0.458 e. The molecule has 0 spiro atoms. The zero-order valence-electron chi connectivity index (χ0n) is 24.1. The van der Waals surface area contributed by atoms with Crippen molar-refractivity contribution in [2.75, 3.05) is 20.1 Å². The van der Waals surface area contributed by atoms with E-state index < -0.39 is 17.9 Å². The maximum absolute atomic E-state index is 15.6. The van der Waals surface area contributed by atoms with Gasteiger partial charge in [0.1, 0.15) is 23.7 Å². The highest BCUT2D eigenvalue weighted by molar-refractivity contribution is 6.13. The summed E-state index contributed by atoms with van der Waals surface area (Å²) >= 11 is 0. The van der Waals surface area contributed by atoms with Crippen LogP contribution in [-0.4, -0.2) is 53.0 Å². The number of aryl methyl sites for hydroxylation is 1. The zero-order chi connectivity index (χ0) is 29.0. The molecule has 2 aromatic rings. The molecule has 0 fully saturated rings. The van der Waals surface area contributed by atoms with Crippen molar-refractivity contribution in [2.45, 2.75) is 53.7 Å². The molecular weight excluding hydrogens is 512 g/mol. The molecular formula is C31H39F2N5O2. The molecule has 3 atom stereocenters. The first-order valence-corrected chi connectivity index (χ1v) is 13.8. The molecule has 9 heteroatoms. The second kappa shape index (κ2) is 12.7. The van der Waals surface area contributed by atoms with Crippen LogP contribution in [0.15, 0.2) is 69.5 Å². The third kappa shape index (κ3) is 6.26. The summed E-state index contributed by atoms with van der Waals surface area (Å²) in [5.41, 5.74) is 2.19. The van der Waals surface area contributed by atoms with E-state index in [4.69, 9.17) is 9.73 Å². The first kappa shape index (κ1) is 29.4. The number of halogens is 2. The molecule has 3 N–H and O–H groups in total. The Labute approximate surface area is 234 Å². The third-order valence-corrected chi connectivity index (χ3v) is 7.39. The van der Waals surface area contributed by atoms with Gasteiger partial charge in [-0.25, -0.2) is 13.8 Å². The van der Waals surface area contributed by atoms with Gasteiger partial charge < -0.3 is 20.1 Å². The lowest BCUT2D eigenvalue weighted by Gasteiger charge is -2.30. The van der Waals surface area contributed by atoms with Gasteiger partial charge in [-0.3, -0.25) is 9.89 Å². The summed E-state index contributed by atoms with van der Waals surface area (Å²) < 4.78 is 36.9. The maximum atomic E-state index is 15.6. The van der Waals surface area contributed by atoms with Crippen molar-refractivity contribution in [2.24, 2.45) is 21.8 Å². The van der Waals surface area contributed by atoms with Crippen LogP contribution in [0.1, 0.15) is 46.2 Å². The second-order valence-corrected chi connectivity index (χ2v) is 10.5. The molecule has 0 saturated carbocycles. The van der Waals surface area contributed by atoms with E-state index in [2.05, 4.69) is 28.3 Å². The van der Waals surface area contributed by atoms with Crippen LogP contribution in [0.25, 0.3) is 10.9 Å². The number of aromatic nitrogens is 1. The van der Waals surface area contributed by atoms with Crippen molar-refractivity contribution >= 4 is 22.6 Å². The number of aliphatic hydroxyl groups is 1. The van der Waals surface area contributed by atoms with Gasteiger partial charge in [-0.15, -0.1) is 0 Å². The van der Waals surface area contributed by atoms with Gasteiger partial charge in [0.2, 0.25) is 0 Å². The van der Waals surface area contributed by atoms with Gasteiger partial charge in [0.15, 0.2) is 17.4 Å². The SMILES string of the molecule is C/C=C/C1=CC(NC2=NC=CCC(C)C(Oc3cc(F)c4[nH]c(C)cc4c3F)=C2C(O)N(C)CC)=NCCC1C. The highest BCUT2D eigenvalue weighted by Crippen LogP contribution is 2.34. The van der Waals surface area contributed by atoms with Gasteiger partial charge in [-0.2, -0.15) is 0 Å². The average Bonchev–Trinajstić information content (AvgIpc) is 3.24. The van der Waals surface area contributed by atoms with E-state index in [1.54, 1.807) is 31.1 Å². The number of aliphatic hydroxyl groups excluding tert-OH is 1. The van der Waals surface area contributed by atoms with Crippen molar-refractivity contribution in [1.82, 2.24) is 15.2 Å². The summed E-state index contributed by atoms with van der Waals surface area (Å²) in [7, 11) is 1.77. The first-order valence-electron chi connectivity index (χ1n) is 13.8. The highest BCUT2D eigenvalue weighted by atomic mass is 19.1. The van der Waals surface area contributed by atoms with Gasteiger partial charge in [0.05, 0.1) is 11.1 Å². The number of H-pyrrole nitrogens is 1. The number of aliphatic imine (C=N–C) groups is 2. The lowest BCUT2D eigenvalue weighted by molar-refractivity contribution is 0.0574. The number of aromatic amines is 1. The Morgan fingerprint density at radius 1 is 1.27 bits per heavy atom. The Hall–Kier alpha value is -3.56. The van der Waals surface area contributed by atoms with E-state index >= 15 is 8.78 Å². The summed E-state index contributed by atoms with van der Waals surface area (Å²) in [6, 6.07) is 2.59. The van der Waals surface area contributed by atoms with E-state index in [0.717, 1.165) is 18.1 Å². The van der Waals surface area contributed by atoms with E-state index in [-0.39, 0.29) is 22.6 Å². The second-order valence-electron chi connectivity index (χ2n) is 10.5. The van der Waals surface area contributed by atoms with Crippen LogP contribution in [0.2, 0.25) is 0 Å². The minimum absolute atomic E-state index is 0.0872. The Balaban J connectivity index is 1.86. The van der Waals surface area contributed by atoms with Crippen molar-refractivity contribution < 1.29 is 18.6 Å². The van der Waals surface area contributed by atoms with Gasteiger partial charge >= 0.3 is 0 Å². The maximum Gasteiger partial charge on any atom is 0.175 e. The Morgan fingerprint density at radius 2 is 2.05 bits per heavy atom. The number of hydrogen-bond donors (Lipinski definition) is 3. The standard InChI is InChI=1S/C31H39F2N5O2/c1-7-10-21-16-25(34-14-12-18(21)3)37-30-26(31(39)38(6)8-2)29(19(4)11-9-13-35-30)40-24-17-23(32)28-22(27(24)33)15-20(5)36-28/h7,9-10,13,15-19,31,36,39H,8,11-12,14H2,1-6H3,(H,34,35,37)/b10-7+,13-9?,29-26?. The van der Waals surface area contributed by atoms with E-state index in [1.165, 1.54) is 0 Å². The molecule has 2 aliphatic rings. The molecule has 0 radical (unpaired) electrons. The fourth-order valence-corrected chi connectivity index (χ4v) is 4.87. The van der Waals surface area contributed by atoms with Gasteiger partial charge in [0, 0.05) is 35.8 Å². The number of fused-ring (bicyclic) bond motifs is 1. The van der Waals surface area contributed by atoms with Crippen LogP contribution in [0.3, 0.4) is 0 Å². The molecule has 1 aromatic heterocycles. The fraction of sp³-hybridized carbons (Fsp3) is 0.419. The quantitative estimate of drug-likeness (QED) is 0.377. The monoisotopic (exact) mass is 551 g/mol. The number of hydrogen-bond acceptors (Lipinski definition) is 6. The van der Waals surface area contributed by atoms with Gasteiger partial charge in [0.25, 0.3) is 0 Å². The Bertz CT molecular complexity index is 1430. The summed E-state index contributed by atoms with van der Waals surface area (Å²) in [6.07, 6.45) is 9.89. The molecule has 0 aliphatic carbocycles. The lowest BCUT2D eigenvalue weighted by Crippen LogP contribution is -2.43. The van der Waals surface area contributed by atoms with Crippen LogP contribution < -0.4 is 10.1 Å². The predicted octanol–water partition coefficient (Wildman–Crippen LogP) is 6.14. The number of rotatable bonds is 6. The summed E-state index contributed by atoms with van der Waals surface area (Å²) in [5.74, 6) is -0.283. The van der Waals surface area contributed by atoms with Crippen LogP contribution in [0.5, 0.6) is 5.75 Å². The molecule has 3 unspecified atom stereocenters. The molecule has 40 heavy (non-hydrogen) atoms. The molecule has 0 bridgehead atoms. The number of nitrogens with zero attached hydrogens (tertiary/aromatic N) is 3.